The number of nitrogens with one attached hydrogen (secondary N) is 2. The number of carbonyl (C=O) groups excluding carboxylic acids is 4. The fourth-order valence-corrected chi connectivity index (χ4v) is 3.53. The van der Waals surface area contributed by atoms with Crippen molar-refractivity contribution < 1.29 is 29.4 Å². The van der Waals surface area contributed by atoms with E-state index in [9.17, 15) is 29.4 Å². The summed E-state index contributed by atoms with van der Waals surface area (Å²) in [6, 6.07) is 11.4. The van der Waals surface area contributed by atoms with Crippen LogP contribution in [0.4, 0.5) is 11.4 Å². The Bertz CT molecular complexity index is 875. The fraction of sp³-hybridized carbons (Fsp3) is 0.273. The maximum atomic E-state index is 12.6. The van der Waals surface area contributed by atoms with Crippen molar-refractivity contribution in [2.24, 2.45) is 11.8 Å². The molecule has 0 aromatic heterocycles. The van der Waals surface area contributed by atoms with Crippen LogP contribution in [0.3, 0.4) is 0 Å². The van der Waals surface area contributed by atoms with Crippen LogP contribution in [0.15, 0.2) is 48.5 Å². The van der Waals surface area contributed by atoms with Gasteiger partial charge in [0.05, 0.1) is 11.9 Å². The molecule has 2 aromatic rings. The summed E-state index contributed by atoms with van der Waals surface area (Å²) in [6.07, 6.45) is 2.44. The second-order valence-corrected chi connectivity index (χ2v) is 7.27. The van der Waals surface area contributed by atoms with Crippen molar-refractivity contribution in [2.45, 2.75) is 25.7 Å². The van der Waals surface area contributed by atoms with Gasteiger partial charge in [-0.2, -0.15) is 0 Å². The number of carboxylic acid groups (broad SMARTS) is 2. The number of aromatic carboxylic acids is 2. The van der Waals surface area contributed by atoms with Crippen molar-refractivity contribution >= 4 is 35.1 Å². The predicted octanol–water partition coefficient (Wildman–Crippen LogP) is 0.797. The summed E-state index contributed by atoms with van der Waals surface area (Å²) in [5.74, 6) is -3.68. The highest BCUT2D eigenvalue weighted by molar-refractivity contribution is 5.96. The first-order valence-corrected chi connectivity index (χ1v) is 9.58. The van der Waals surface area contributed by atoms with Crippen LogP contribution in [0.1, 0.15) is 46.4 Å². The van der Waals surface area contributed by atoms with Crippen LogP contribution < -0.4 is 20.8 Å². The second kappa shape index (κ2) is 9.21. The van der Waals surface area contributed by atoms with E-state index in [1.165, 1.54) is 48.5 Å². The van der Waals surface area contributed by atoms with Crippen LogP contribution in [0.25, 0.3) is 0 Å². The van der Waals surface area contributed by atoms with E-state index in [1.54, 1.807) is 0 Å². The van der Waals surface area contributed by atoms with E-state index in [-0.39, 0.29) is 34.8 Å². The van der Waals surface area contributed by atoms with Gasteiger partial charge < -0.3 is 30.4 Å². The molecule has 1 aliphatic rings. The Morgan fingerprint density at radius 3 is 1.37 bits per heavy atom. The largest absolute Gasteiger partial charge is 0.545 e. The van der Waals surface area contributed by atoms with Gasteiger partial charge in [-0.3, -0.25) is 9.59 Å². The summed E-state index contributed by atoms with van der Waals surface area (Å²) in [5, 5.41) is 27.1. The van der Waals surface area contributed by atoms with Gasteiger partial charge in [0.25, 0.3) is 0 Å². The predicted molar refractivity (Wildman–Crippen MR) is 104 cm³/mol. The van der Waals surface area contributed by atoms with E-state index >= 15 is 0 Å². The molecule has 2 amide bonds. The maximum Gasteiger partial charge on any atom is 0.227 e. The molecule has 30 heavy (non-hydrogen) atoms. The van der Waals surface area contributed by atoms with E-state index in [2.05, 4.69) is 10.6 Å². The molecule has 3 rings (SSSR count). The molecule has 8 nitrogen and oxygen atoms in total. The molecule has 1 saturated carbocycles. The van der Waals surface area contributed by atoms with E-state index in [0.29, 0.717) is 30.6 Å². The summed E-state index contributed by atoms with van der Waals surface area (Å²) >= 11 is 0. The quantitative estimate of drug-likeness (QED) is 0.725. The highest BCUT2D eigenvalue weighted by Crippen LogP contribution is 2.31. The monoisotopic (exact) mass is 408 g/mol. The van der Waals surface area contributed by atoms with Crippen molar-refractivity contribution in [2.75, 3.05) is 10.6 Å². The number of carbonyl (C=O) groups is 4. The zero-order valence-corrected chi connectivity index (χ0v) is 16.1. The molecule has 1 fully saturated rings. The Balaban J connectivity index is 1.57. The van der Waals surface area contributed by atoms with Gasteiger partial charge in [0.15, 0.2) is 0 Å². The lowest BCUT2D eigenvalue weighted by atomic mass is 9.80. The zero-order valence-electron chi connectivity index (χ0n) is 16.1. The average Bonchev–Trinajstić information content (AvgIpc) is 2.74. The van der Waals surface area contributed by atoms with Gasteiger partial charge in [-0.05, 0) is 54.7 Å². The molecule has 1 aliphatic carbocycles. The maximum absolute atomic E-state index is 12.6. The lowest BCUT2D eigenvalue weighted by Gasteiger charge is -2.27. The standard InChI is InChI=1S/C22H22N2O6/c25-19(23-17-8-4-13(5-9-17)21(27)28)15-2-1-3-16(12-15)20(26)24-18-10-6-14(7-11-18)22(29)30/h4-11,15-16H,1-3,12H2,(H,23,25)(H,24,26)(H,27,28)(H,29,30)/p-2/t15-,16+. The highest BCUT2D eigenvalue weighted by atomic mass is 16.4. The molecule has 0 saturated heterocycles. The highest BCUT2D eigenvalue weighted by Gasteiger charge is 2.31. The third kappa shape index (κ3) is 5.22. The van der Waals surface area contributed by atoms with E-state index in [4.69, 9.17) is 0 Å². The minimum atomic E-state index is -1.29. The molecule has 2 aromatic carbocycles. The number of carboxylic acids is 2. The van der Waals surface area contributed by atoms with E-state index in [0.717, 1.165) is 6.42 Å². The van der Waals surface area contributed by atoms with E-state index in [1.807, 2.05) is 0 Å². The van der Waals surface area contributed by atoms with Gasteiger partial charge in [0.1, 0.15) is 0 Å². The van der Waals surface area contributed by atoms with Crippen molar-refractivity contribution in [1.82, 2.24) is 0 Å². The third-order valence-electron chi connectivity index (χ3n) is 5.19. The molecular weight excluding hydrogens is 388 g/mol. The van der Waals surface area contributed by atoms with Crippen LogP contribution in [0.5, 0.6) is 0 Å². The Morgan fingerprint density at radius 1 is 0.667 bits per heavy atom. The number of amides is 2. The second-order valence-electron chi connectivity index (χ2n) is 7.27. The van der Waals surface area contributed by atoms with Crippen LogP contribution in [0, 0.1) is 11.8 Å². The SMILES string of the molecule is O=C([O-])c1ccc(NC(=O)[C@@H]2CCC[C@H](C(=O)Nc3ccc(C(=O)[O-])cc3)C2)cc1. The topological polar surface area (TPSA) is 138 Å². The van der Waals surface area contributed by atoms with Gasteiger partial charge in [-0.15, -0.1) is 0 Å². The smallest absolute Gasteiger partial charge is 0.227 e. The summed E-state index contributed by atoms with van der Waals surface area (Å²) in [6.45, 7) is 0. The normalized spacial score (nSPS) is 18.3. The van der Waals surface area contributed by atoms with Crippen molar-refractivity contribution in [3.63, 3.8) is 0 Å². The number of anilines is 2. The number of rotatable bonds is 6. The van der Waals surface area contributed by atoms with Crippen molar-refractivity contribution in [3.8, 4) is 0 Å². The number of hydrogen-bond donors (Lipinski definition) is 2. The lowest BCUT2D eigenvalue weighted by molar-refractivity contribution is -0.256. The lowest BCUT2D eigenvalue weighted by Crippen LogP contribution is -2.33. The van der Waals surface area contributed by atoms with Crippen molar-refractivity contribution in [3.05, 3.63) is 59.7 Å². The summed E-state index contributed by atoms with van der Waals surface area (Å²) in [5.41, 5.74) is 0.999. The summed E-state index contributed by atoms with van der Waals surface area (Å²) in [7, 11) is 0. The number of hydrogen-bond acceptors (Lipinski definition) is 6. The molecule has 0 bridgehead atoms. The first-order chi connectivity index (χ1) is 14.3. The molecule has 0 spiro atoms. The zero-order chi connectivity index (χ0) is 21.7. The average molecular weight is 408 g/mol. The van der Waals surface area contributed by atoms with Crippen LogP contribution in [0.2, 0.25) is 0 Å². The fourth-order valence-electron chi connectivity index (χ4n) is 3.53. The Hall–Kier alpha value is -3.68. The van der Waals surface area contributed by atoms with Gasteiger partial charge >= 0.3 is 0 Å². The molecule has 2 N–H and O–H groups in total. The Labute approximate surface area is 172 Å². The molecule has 0 aliphatic heterocycles. The summed E-state index contributed by atoms with van der Waals surface area (Å²) < 4.78 is 0. The van der Waals surface area contributed by atoms with Crippen LogP contribution in [-0.2, 0) is 9.59 Å². The first-order valence-electron chi connectivity index (χ1n) is 9.58. The van der Waals surface area contributed by atoms with Gasteiger partial charge in [-0.25, -0.2) is 0 Å². The molecule has 0 heterocycles. The number of benzene rings is 2. The van der Waals surface area contributed by atoms with Gasteiger partial charge in [0.2, 0.25) is 11.8 Å². The minimum Gasteiger partial charge on any atom is -0.545 e. The molecule has 156 valence electrons. The molecule has 8 heteroatoms. The third-order valence-corrected chi connectivity index (χ3v) is 5.19. The van der Waals surface area contributed by atoms with Crippen LogP contribution in [-0.4, -0.2) is 23.8 Å². The minimum absolute atomic E-state index is 0.0232. The molecule has 0 unspecified atom stereocenters. The summed E-state index contributed by atoms with van der Waals surface area (Å²) in [4.78, 5) is 46.8. The Kier molecular flexibility index (Phi) is 6.46. The van der Waals surface area contributed by atoms with E-state index < -0.39 is 11.9 Å². The van der Waals surface area contributed by atoms with Crippen molar-refractivity contribution in [1.29, 1.82) is 0 Å². The molecule has 0 radical (unpaired) electrons. The first kappa shape index (κ1) is 21.0. The van der Waals surface area contributed by atoms with Crippen LogP contribution >= 0.6 is 0 Å². The molecule has 2 atom stereocenters. The van der Waals surface area contributed by atoms with Gasteiger partial charge in [0, 0.05) is 23.2 Å². The Morgan fingerprint density at radius 2 is 1.03 bits per heavy atom. The molecular formula is C22H20N2O6-2. The van der Waals surface area contributed by atoms with Gasteiger partial charge in [-0.1, -0.05) is 30.7 Å².